The zero-order valence-electron chi connectivity index (χ0n) is 3.39. The molecule has 0 spiro atoms. The molecule has 0 aliphatic carbocycles. The summed E-state index contributed by atoms with van der Waals surface area (Å²) in [4.78, 5) is 0. The van der Waals surface area contributed by atoms with Gasteiger partial charge in [-0.05, 0) is 0 Å². The van der Waals surface area contributed by atoms with Gasteiger partial charge in [0.25, 0.3) is 0 Å². The Hall–Kier alpha value is 0.233. The van der Waals surface area contributed by atoms with Crippen LogP contribution in [0.5, 0.6) is 0 Å². The molecule has 1 rings (SSSR count). The first-order chi connectivity index (χ1) is 2.50. The fourth-order valence-corrected chi connectivity index (χ4v) is 0.321. The smallest absolute Gasteiger partial charge is 0 e. The fourth-order valence-electron chi connectivity index (χ4n) is 0.321. The van der Waals surface area contributed by atoms with Crippen LogP contribution in [0.2, 0.25) is 0 Å². The molecular weight excluding hydrogens is 151 g/mol. The first kappa shape index (κ1) is 6.23. The number of hydrogen-bond donors (Lipinski definition) is 0. The van der Waals surface area contributed by atoms with Crippen LogP contribution in [-0.2, 0) is 26.2 Å². The Kier molecular flexibility index (Phi) is 3.56. The molecule has 0 aliphatic heterocycles. The second-order valence-corrected chi connectivity index (χ2v) is 0.962. The van der Waals surface area contributed by atoms with Crippen LogP contribution in [-0.4, -0.2) is 0 Å². The van der Waals surface area contributed by atoms with E-state index in [4.69, 9.17) is 0 Å². The van der Waals surface area contributed by atoms with Crippen molar-refractivity contribution in [3.8, 4) is 0 Å². The van der Waals surface area contributed by atoms with Crippen molar-refractivity contribution in [2.24, 2.45) is 0 Å². The molecule has 0 saturated carbocycles. The van der Waals surface area contributed by atoms with E-state index in [1.165, 1.54) is 0 Å². The van der Waals surface area contributed by atoms with E-state index in [1.54, 1.807) is 0 Å². The number of hydrogen-bond acceptors (Lipinski definition) is 0. The van der Waals surface area contributed by atoms with Gasteiger partial charge in [-0.2, -0.15) is 18.2 Å². The standard InChI is InChI=1S/C5H5.Zr/c1-2-4-5-3-1;/h1-5H;/q-1;. The molecule has 6 heavy (non-hydrogen) atoms. The fraction of sp³-hybridized carbons (Fsp3) is 0. The van der Waals surface area contributed by atoms with Gasteiger partial charge in [-0.1, -0.05) is 0 Å². The van der Waals surface area contributed by atoms with Crippen LogP contribution in [0.25, 0.3) is 0 Å². The molecule has 30 valence electrons. The Morgan fingerprint density at radius 2 is 1.50 bits per heavy atom. The summed E-state index contributed by atoms with van der Waals surface area (Å²) in [6.45, 7) is 0. The van der Waals surface area contributed by atoms with Crippen molar-refractivity contribution >= 4 is 0 Å². The van der Waals surface area contributed by atoms with Crippen molar-refractivity contribution in [3.63, 3.8) is 0 Å². The summed E-state index contributed by atoms with van der Waals surface area (Å²) < 4.78 is 0. The molecule has 0 fully saturated rings. The van der Waals surface area contributed by atoms with Gasteiger partial charge < -0.3 is 0 Å². The summed E-state index contributed by atoms with van der Waals surface area (Å²) in [5.74, 6) is 0. The largest absolute Gasteiger partial charge is 0.214 e. The van der Waals surface area contributed by atoms with Crippen molar-refractivity contribution < 1.29 is 26.2 Å². The Bertz CT molecular complexity index is 60.4. The van der Waals surface area contributed by atoms with Crippen LogP contribution in [0, 0.1) is 0 Å². The maximum absolute atomic E-state index is 2.00. The van der Waals surface area contributed by atoms with Crippen LogP contribution in [0.4, 0.5) is 0 Å². The van der Waals surface area contributed by atoms with Gasteiger partial charge in [-0.3, -0.25) is 0 Å². The van der Waals surface area contributed by atoms with Gasteiger partial charge in [0.05, 0.1) is 0 Å². The molecule has 0 heterocycles. The summed E-state index contributed by atoms with van der Waals surface area (Å²) in [7, 11) is 0. The summed E-state index contributed by atoms with van der Waals surface area (Å²) in [5, 5.41) is 0. The third kappa shape index (κ3) is 1.62. The molecule has 0 saturated heterocycles. The maximum Gasteiger partial charge on any atom is 0 e. The normalized spacial score (nSPS) is 6.67. The van der Waals surface area contributed by atoms with Crippen molar-refractivity contribution in [2.75, 3.05) is 0 Å². The second kappa shape index (κ2) is 3.42. The van der Waals surface area contributed by atoms with E-state index in [0.29, 0.717) is 0 Å². The first-order valence-corrected chi connectivity index (χ1v) is 1.67. The summed E-state index contributed by atoms with van der Waals surface area (Å²) in [5.41, 5.74) is 0. The molecule has 1 aromatic rings. The van der Waals surface area contributed by atoms with Crippen LogP contribution in [0.3, 0.4) is 0 Å². The van der Waals surface area contributed by atoms with Gasteiger partial charge >= 0.3 is 0 Å². The van der Waals surface area contributed by atoms with Crippen molar-refractivity contribution in [2.45, 2.75) is 0 Å². The molecule has 0 N–H and O–H groups in total. The van der Waals surface area contributed by atoms with Gasteiger partial charge in [0.1, 0.15) is 0 Å². The van der Waals surface area contributed by atoms with E-state index in [0.717, 1.165) is 0 Å². The van der Waals surface area contributed by atoms with Crippen molar-refractivity contribution in [1.82, 2.24) is 0 Å². The molecule has 0 bridgehead atoms. The minimum absolute atomic E-state index is 0. The van der Waals surface area contributed by atoms with Gasteiger partial charge in [0.2, 0.25) is 0 Å². The molecule has 1 heteroatoms. The zero-order valence-corrected chi connectivity index (χ0v) is 5.84. The summed E-state index contributed by atoms with van der Waals surface area (Å²) in [6.07, 6.45) is 0. The molecule has 0 atom stereocenters. The number of rotatable bonds is 0. The van der Waals surface area contributed by atoms with E-state index in [9.17, 15) is 0 Å². The first-order valence-electron chi connectivity index (χ1n) is 1.67. The van der Waals surface area contributed by atoms with Crippen molar-refractivity contribution in [3.05, 3.63) is 30.3 Å². The van der Waals surface area contributed by atoms with Crippen LogP contribution in [0.1, 0.15) is 0 Å². The minimum Gasteiger partial charge on any atom is -0.214 e. The summed E-state index contributed by atoms with van der Waals surface area (Å²) >= 11 is 0. The second-order valence-electron chi connectivity index (χ2n) is 0.962. The SMILES string of the molecule is [Zr].c1cc[cH-]c1. The Morgan fingerprint density at radius 1 is 1.00 bits per heavy atom. The van der Waals surface area contributed by atoms with Gasteiger partial charge in [-0.25, -0.2) is 12.1 Å². The molecule has 0 nitrogen and oxygen atoms in total. The molecule has 0 radical (unpaired) electrons. The third-order valence-electron chi connectivity index (χ3n) is 0.556. The van der Waals surface area contributed by atoms with Gasteiger partial charge in [-0.15, -0.1) is 0 Å². The molecule has 0 unspecified atom stereocenters. The van der Waals surface area contributed by atoms with Crippen molar-refractivity contribution in [1.29, 1.82) is 0 Å². The summed E-state index contributed by atoms with van der Waals surface area (Å²) in [6, 6.07) is 10.0. The van der Waals surface area contributed by atoms with Gasteiger partial charge in [0.15, 0.2) is 0 Å². The molecule has 0 aliphatic rings. The average Bonchev–Trinajstić information content (AvgIpc) is 1.76. The molecule has 0 aromatic heterocycles. The average molecular weight is 156 g/mol. The van der Waals surface area contributed by atoms with E-state index in [-0.39, 0.29) is 26.2 Å². The zero-order chi connectivity index (χ0) is 3.54. The van der Waals surface area contributed by atoms with Crippen LogP contribution in [0.15, 0.2) is 30.3 Å². The predicted molar refractivity (Wildman–Crippen MR) is 22.0 cm³/mol. The van der Waals surface area contributed by atoms with E-state index < -0.39 is 0 Å². The maximum atomic E-state index is 2.00. The monoisotopic (exact) mass is 155 g/mol. The van der Waals surface area contributed by atoms with E-state index >= 15 is 0 Å². The predicted octanol–water partition coefficient (Wildman–Crippen LogP) is 1.40. The molecular formula is C5H5Zr-. The topological polar surface area (TPSA) is 0 Å². The quantitative estimate of drug-likeness (QED) is 0.498. The van der Waals surface area contributed by atoms with E-state index in [2.05, 4.69) is 0 Å². The third-order valence-corrected chi connectivity index (χ3v) is 0.556. The Balaban J connectivity index is 0.000000250. The van der Waals surface area contributed by atoms with Crippen LogP contribution >= 0.6 is 0 Å². The molecule has 0 amide bonds. The molecule has 1 aromatic carbocycles. The minimum atomic E-state index is 0. The van der Waals surface area contributed by atoms with Crippen LogP contribution < -0.4 is 0 Å². The van der Waals surface area contributed by atoms with E-state index in [1.807, 2.05) is 30.3 Å². The van der Waals surface area contributed by atoms with Gasteiger partial charge in [0, 0.05) is 26.2 Å². The Morgan fingerprint density at radius 3 is 1.67 bits per heavy atom. The Labute approximate surface area is 56.7 Å².